The van der Waals surface area contributed by atoms with Crippen LogP contribution in [0.3, 0.4) is 0 Å². The van der Waals surface area contributed by atoms with E-state index < -0.39 is 11.5 Å². The van der Waals surface area contributed by atoms with Crippen molar-refractivity contribution in [2.75, 3.05) is 5.32 Å². The van der Waals surface area contributed by atoms with Gasteiger partial charge >= 0.3 is 0 Å². The summed E-state index contributed by atoms with van der Waals surface area (Å²) in [6.07, 6.45) is 0. The fraction of sp³-hybridized carbons (Fsp3) is 0.167. The van der Waals surface area contributed by atoms with Crippen LogP contribution in [0.5, 0.6) is 5.75 Å². The van der Waals surface area contributed by atoms with E-state index >= 15 is 0 Å². The number of aromatic nitrogens is 2. The number of benzene rings is 1. The maximum absolute atomic E-state index is 12.7. The van der Waals surface area contributed by atoms with Gasteiger partial charge in [0.1, 0.15) is 17.1 Å². The lowest BCUT2D eigenvalue weighted by Gasteiger charge is -2.13. The number of pyridine rings is 2. The van der Waals surface area contributed by atoms with Crippen LogP contribution in [-0.4, -0.2) is 20.6 Å². The Kier molecular flexibility index (Phi) is 4.04. The van der Waals surface area contributed by atoms with Gasteiger partial charge in [-0.1, -0.05) is 18.2 Å². The first-order chi connectivity index (χ1) is 11.5. The minimum absolute atomic E-state index is 0.279. The van der Waals surface area contributed by atoms with Crippen molar-refractivity contribution >= 4 is 22.6 Å². The van der Waals surface area contributed by atoms with E-state index in [1.54, 1.807) is 49.4 Å². The lowest BCUT2D eigenvalue weighted by atomic mass is 10.1. The van der Waals surface area contributed by atoms with Gasteiger partial charge in [0, 0.05) is 17.6 Å². The maximum Gasteiger partial charge on any atom is 0.267 e. The third-order valence-electron chi connectivity index (χ3n) is 3.82. The van der Waals surface area contributed by atoms with Crippen LogP contribution < -0.4 is 10.9 Å². The molecule has 122 valence electrons. The van der Waals surface area contributed by atoms with Gasteiger partial charge in [0.05, 0.1) is 5.52 Å². The molecule has 2 N–H and O–H groups in total. The predicted molar refractivity (Wildman–Crippen MR) is 92.5 cm³/mol. The topological polar surface area (TPSA) is 84.2 Å². The largest absolute Gasteiger partial charge is 0.506 e. The van der Waals surface area contributed by atoms with Crippen LogP contribution in [0, 0.1) is 6.92 Å². The molecule has 0 bridgehead atoms. The van der Waals surface area contributed by atoms with Crippen LogP contribution in [0.15, 0.2) is 47.3 Å². The molecule has 0 unspecified atom stereocenters. The molecule has 3 aromatic rings. The molecular formula is C18H17N3O3. The number of hydrogen-bond acceptors (Lipinski definition) is 4. The van der Waals surface area contributed by atoms with Crippen LogP contribution in [0.4, 0.5) is 5.82 Å². The van der Waals surface area contributed by atoms with Gasteiger partial charge < -0.3 is 15.0 Å². The van der Waals surface area contributed by atoms with Crippen LogP contribution in [-0.2, 0) is 6.54 Å². The number of carbonyl (C=O) groups excluding carboxylic acids is 1. The Morgan fingerprint density at radius 2 is 1.96 bits per heavy atom. The lowest BCUT2D eigenvalue weighted by molar-refractivity contribution is 0.102. The Labute approximate surface area is 138 Å². The van der Waals surface area contributed by atoms with Crippen LogP contribution in [0.2, 0.25) is 0 Å². The Hall–Kier alpha value is -3.15. The van der Waals surface area contributed by atoms with Crippen molar-refractivity contribution in [2.24, 2.45) is 0 Å². The summed E-state index contributed by atoms with van der Waals surface area (Å²) in [6, 6.07) is 12.1. The molecule has 0 aliphatic heterocycles. The summed E-state index contributed by atoms with van der Waals surface area (Å²) in [6.45, 7) is 4.00. The molecule has 0 atom stereocenters. The number of carbonyl (C=O) groups is 1. The smallest absolute Gasteiger partial charge is 0.267 e. The van der Waals surface area contributed by atoms with E-state index in [0.717, 1.165) is 5.69 Å². The highest BCUT2D eigenvalue weighted by Gasteiger charge is 2.22. The van der Waals surface area contributed by atoms with E-state index in [4.69, 9.17) is 0 Å². The average Bonchev–Trinajstić information content (AvgIpc) is 2.55. The number of rotatable bonds is 3. The summed E-state index contributed by atoms with van der Waals surface area (Å²) >= 11 is 0. The highest BCUT2D eigenvalue weighted by molar-refractivity contribution is 6.08. The van der Waals surface area contributed by atoms with Crippen molar-refractivity contribution in [3.05, 3.63) is 64.1 Å². The molecule has 0 saturated carbocycles. The number of aryl methyl sites for hydroxylation is 2. The molecule has 1 aromatic carbocycles. The predicted octanol–water partition coefficient (Wildman–Crippen LogP) is 2.68. The summed E-state index contributed by atoms with van der Waals surface area (Å²) in [7, 11) is 0. The highest BCUT2D eigenvalue weighted by Crippen LogP contribution is 2.26. The van der Waals surface area contributed by atoms with Crippen molar-refractivity contribution in [3.8, 4) is 5.75 Å². The first-order valence-corrected chi connectivity index (χ1v) is 7.62. The quantitative estimate of drug-likeness (QED) is 0.776. The maximum atomic E-state index is 12.7. The second kappa shape index (κ2) is 6.16. The first kappa shape index (κ1) is 15.7. The molecule has 2 aromatic heterocycles. The number of amides is 1. The average molecular weight is 323 g/mol. The monoisotopic (exact) mass is 323 g/mol. The Bertz CT molecular complexity index is 992. The molecule has 1 amide bonds. The number of nitrogens with zero attached hydrogens (tertiary/aromatic N) is 2. The number of fused-ring (bicyclic) bond motifs is 1. The molecule has 6 nitrogen and oxygen atoms in total. The van der Waals surface area contributed by atoms with Gasteiger partial charge in [0.2, 0.25) is 0 Å². The fourth-order valence-electron chi connectivity index (χ4n) is 2.70. The minimum Gasteiger partial charge on any atom is -0.506 e. The molecule has 6 heteroatoms. The summed E-state index contributed by atoms with van der Waals surface area (Å²) in [4.78, 5) is 29.4. The van der Waals surface area contributed by atoms with Crippen molar-refractivity contribution in [2.45, 2.75) is 20.4 Å². The van der Waals surface area contributed by atoms with E-state index in [2.05, 4.69) is 10.3 Å². The molecule has 0 radical (unpaired) electrons. The van der Waals surface area contributed by atoms with Crippen LogP contribution in [0.25, 0.3) is 10.9 Å². The molecule has 0 saturated heterocycles. The molecule has 0 fully saturated rings. The zero-order chi connectivity index (χ0) is 17.3. The summed E-state index contributed by atoms with van der Waals surface area (Å²) in [5.41, 5.74) is 0.520. The fourth-order valence-corrected chi connectivity index (χ4v) is 2.70. The number of nitrogens with one attached hydrogen (secondary N) is 1. The number of anilines is 1. The second-order valence-corrected chi connectivity index (χ2v) is 5.41. The standard InChI is InChI=1S/C18H17N3O3/c1-3-21-13-9-5-4-8-12(13)16(22)15(18(21)24)17(23)20-14-10-6-7-11(2)19-14/h4-10,22H,3H2,1-2H3,(H,19,20,23). The van der Waals surface area contributed by atoms with E-state index in [1.807, 2.05) is 6.92 Å². The Morgan fingerprint density at radius 1 is 1.21 bits per heavy atom. The van der Waals surface area contributed by atoms with Gasteiger partial charge in [-0.15, -0.1) is 0 Å². The minimum atomic E-state index is -0.677. The molecule has 0 aliphatic carbocycles. The van der Waals surface area contributed by atoms with Gasteiger partial charge in [-0.2, -0.15) is 0 Å². The molecule has 0 spiro atoms. The molecular weight excluding hydrogens is 306 g/mol. The van der Waals surface area contributed by atoms with Gasteiger partial charge in [0.25, 0.3) is 11.5 Å². The first-order valence-electron chi connectivity index (χ1n) is 7.62. The number of hydrogen-bond donors (Lipinski definition) is 2. The Balaban J connectivity index is 2.15. The van der Waals surface area contributed by atoms with Crippen molar-refractivity contribution in [1.29, 1.82) is 0 Å². The zero-order valence-electron chi connectivity index (χ0n) is 13.4. The zero-order valence-corrected chi connectivity index (χ0v) is 13.4. The SMILES string of the molecule is CCn1c(=O)c(C(=O)Nc2cccc(C)n2)c(O)c2ccccc21. The van der Waals surface area contributed by atoms with Gasteiger partial charge in [-0.25, -0.2) is 4.98 Å². The summed E-state index contributed by atoms with van der Waals surface area (Å²) in [5, 5.41) is 13.5. The second-order valence-electron chi connectivity index (χ2n) is 5.41. The molecule has 3 rings (SSSR count). The van der Waals surface area contributed by atoms with Crippen LogP contribution >= 0.6 is 0 Å². The molecule has 24 heavy (non-hydrogen) atoms. The summed E-state index contributed by atoms with van der Waals surface area (Å²) in [5.74, 6) is -0.663. The van der Waals surface area contributed by atoms with E-state index in [9.17, 15) is 14.7 Å². The lowest BCUT2D eigenvalue weighted by Crippen LogP contribution is -2.29. The van der Waals surface area contributed by atoms with Gasteiger partial charge in [-0.05, 0) is 38.1 Å². The Morgan fingerprint density at radius 3 is 2.67 bits per heavy atom. The van der Waals surface area contributed by atoms with Crippen molar-refractivity contribution in [3.63, 3.8) is 0 Å². The van der Waals surface area contributed by atoms with Gasteiger partial charge in [-0.3, -0.25) is 9.59 Å². The highest BCUT2D eigenvalue weighted by atomic mass is 16.3. The van der Waals surface area contributed by atoms with E-state index in [-0.39, 0.29) is 11.3 Å². The van der Waals surface area contributed by atoms with E-state index in [0.29, 0.717) is 23.3 Å². The van der Waals surface area contributed by atoms with Gasteiger partial charge in [0.15, 0.2) is 0 Å². The molecule has 0 aliphatic rings. The number of aromatic hydroxyl groups is 1. The summed E-state index contributed by atoms with van der Waals surface area (Å²) < 4.78 is 1.47. The van der Waals surface area contributed by atoms with E-state index in [1.165, 1.54) is 4.57 Å². The van der Waals surface area contributed by atoms with Crippen molar-refractivity contribution < 1.29 is 9.90 Å². The number of para-hydroxylation sites is 1. The van der Waals surface area contributed by atoms with Crippen molar-refractivity contribution in [1.82, 2.24) is 9.55 Å². The van der Waals surface area contributed by atoms with Crippen LogP contribution in [0.1, 0.15) is 23.0 Å². The third-order valence-corrected chi connectivity index (χ3v) is 3.82. The molecule has 2 heterocycles. The third kappa shape index (κ3) is 2.62. The normalized spacial score (nSPS) is 10.8.